The van der Waals surface area contributed by atoms with Gasteiger partial charge in [-0.1, -0.05) is 11.8 Å². The molecule has 0 atom stereocenters. The van der Waals surface area contributed by atoms with E-state index in [2.05, 4.69) is 25.9 Å². The van der Waals surface area contributed by atoms with Crippen LogP contribution in [0.25, 0.3) is 0 Å². The zero-order valence-corrected chi connectivity index (χ0v) is 14.4. The number of ether oxygens (including phenoxy) is 1. The number of nitriles is 1. The number of rotatable bonds is 5. The zero-order valence-electron chi connectivity index (χ0n) is 13.6. The lowest BCUT2D eigenvalue weighted by Crippen LogP contribution is -2.36. The van der Waals surface area contributed by atoms with Crippen LogP contribution >= 0.6 is 11.8 Å². The van der Waals surface area contributed by atoms with E-state index in [0.29, 0.717) is 23.2 Å². The van der Waals surface area contributed by atoms with E-state index < -0.39 is 0 Å². The normalized spacial score (nSPS) is 15.1. The lowest BCUT2D eigenvalue weighted by Gasteiger charge is -2.33. The second-order valence-corrected chi connectivity index (χ2v) is 6.40. The fourth-order valence-corrected chi connectivity index (χ4v) is 3.07. The molecule has 0 bridgehead atoms. The Morgan fingerprint density at radius 1 is 1.33 bits per heavy atom. The summed E-state index contributed by atoms with van der Waals surface area (Å²) in [5.41, 5.74) is 0.541. The first-order chi connectivity index (χ1) is 11.8. The Labute approximate surface area is 145 Å². The van der Waals surface area contributed by atoms with Gasteiger partial charge in [-0.2, -0.15) is 5.26 Å². The van der Waals surface area contributed by atoms with Gasteiger partial charge in [0.15, 0.2) is 11.0 Å². The van der Waals surface area contributed by atoms with Crippen LogP contribution in [0.15, 0.2) is 35.9 Å². The van der Waals surface area contributed by atoms with Crippen LogP contribution in [0.4, 0.5) is 5.82 Å². The molecule has 0 spiro atoms. The number of thioether (sulfide) groups is 1. The highest BCUT2D eigenvalue weighted by atomic mass is 32.2. The van der Waals surface area contributed by atoms with Crippen LogP contribution in [0, 0.1) is 17.2 Å². The van der Waals surface area contributed by atoms with Gasteiger partial charge in [-0.25, -0.2) is 9.97 Å². The topological polar surface area (TPSA) is 74.9 Å². The maximum absolute atomic E-state index is 9.29. The van der Waals surface area contributed by atoms with E-state index in [1.807, 2.05) is 18.4 Å². The van der Waals surface area contributed by atoms with Crippen LogP contribution in [0.1, 0.15) is 18.4 Å². The largest absolute Gasteiger partial charge is 0.493 e. The van der Waals surface area contributed by atoms with E-state index in [4.69, 9.17) is 4.74 Å². The average molecular weight is 341 g/mol. The second kappa shape index (κ2) is 7.97. The van der Waals surface area contributed by atoms with E-state index in [0.717, 1.165) is 37.5 Å². The van der Waals surface area contributed by atoms with Gasteiger partial charge in [0.05, 0.1) is 12.8 Å². The Hall–Kier alpha value is -2.33. The van der Waals surface area contributed by atoms with Crippen molar-refractivity contribution >= 4 is 17.6 Å². The van der Waals surface area contributed by atoms with Crippen molar-refractivity contribution in [1.29, 1.82) is 5.26 Å². The fourth-order valence-electron chi connectivity index (χ4n) is 2.74. The van der Waals surface area contributed by atoms with Crippen LogP contribution in [-0.2, 0) is 0 Å². The summed E-state index contributed by atoms with van der Waals surface area (Å²) >= 11 is 1.49. The first-order valence-electron chi connectivity index (χ1n) is 7.89. The monoisotopic (exact) mass is 341 g/mol. The van der Waals surface area contributed by atoms with Crippen LogP contribution in [0.2, 0.25) is 0 Å². The lowest BCUT2D eigenvalue weighted by atomic mass is 9.97. The summed E-state index contributed by atoms with van der Waals surface area (Å²) in [5, 5.41) is 9.99. The summed E-state index contributed by atoms with van der Waals surface area (Å²) in [7, 11) is 0. The van der Waals surface area contributed by atoms with E-state index in [-0.39, 0.29) is 0 Å². The van der Waals surface area contributed by atoms with E-state index in [9.17, 15) is 5.26 Å². The molecule has 0 radical (unpaired) electrons. The fraction of sp³-hybridized carbons (Fsp3) is 0.412. The molecule has 0 saturated carbocycles. The minimum atomic E-state index is 0.516. The number of hydrogen-bond donors (Lipinski definition) is 0. The predicted molar refractivity (Wildman–Crippen MR) is 93.2 cm³/mol. The first kappa shape index (κ1) is 16.5. The molecule has 6 nitrogen and oxygen atoms in total. The molecule has 3 heterocycles. The van der Waals surface area contributed by atoms with Crippen molar-refractivity contribution in [2.75, 3.05) is 30.9 Å². The molecule has 24 heavy (non-hydrogen) atoms. The molecule has 2 aromatic heterocycles. The van der Waals surface area contributed by atoms with E-state index in [1.165, 1.54) is 11.8 Å². The van der Waals surface area contributed by atoms with Crippen molar-refractivity contribution in [2.45, 2.75) is 18.0 Å². The number of aromatic nitrogens is 3. The van der Waals surface area contributed by atoms with Gasteiger partial charge in [-0.3, -0.25) is 4.98 Å². The number of piperidine rings is 1. The summed E-state index contributed by atoms with van der Waals surface area (Å²) in [6.07, 6.45) is 9.07. The maximum Gasteiger partial charge on any atom is 0.189 e. The molecule has 124 valence electrons. The lowest BCUT2D eigenvalue weighted by molar-refractivity contribution is 0.222. The first-order valence-corrected chi connectivity index (χ1v) is 9.11. The third-order valence-electron chi connectivity index (χ3n) is 4.10. The number of nitrogens with zero attached hydrogens (tertiary/aromatic N) is 5. The standard InChI is InChI=1S/C17H19N5OS/c1-24-17-20-11-14(10-18)16(21-17)22-8-4-13(5-9-22)12-23-15-2-6-19-7-3-15/h2-3,6-7,11,13H,4-5,8-9,12H2,1H3. The van der Waals surface area contributed by atoms with Gasteiger partial charge in [0.25, 0.3) is 0 Å². The molecule has 0 amide bonds. The van der Waals surface area contributed by atoms with Crippen LogP contribution < -0.4 is 9.64 Å². The van der Waals surface area contributed by atoms with Gasteiger partial charge < -0.3 is 9.64 Å². The number of anilines is 1. The van der Waals surface area contributed by atoms with Gasteiger partial charge in [0.2, 0.25) is 0 Å². The molecule has 0 N–H and O–H groups in total. The molecular weight excluding hydrogens is 322 g/mol. The Bertz CT molecular complexity index is 711. The van der Waals surface area contributed by atoms with Gasteiger partial charge in [0, 0.05) is 25.5 Å². The number of hydrogen-bond acceptors (Lipinski definition) is 7. The Morgan fingerprint density at radius 3 is 2.75 bits per heavy atom. The zero-order chi connectivity index (χ0) is 16.8. The Balaban J connectivity index is 1.58. The minimum Gasteiger partial charge on any atom is -0.493 e. The van der Waals surface area contributed by atoms with Crippen molar-refractivity contribution in [3.63, 3.8) is 0 Å². The smallest absolute Gasteiger partial charge is 0.189 e. The van der Waals surface area contributed by atoms with Gasteiger partial charge in [-0.15, -0.1) is 0 Å². The molecule has 0 unspecified atom stereocenters. The van der Waals surface area contributed by atoms with Crippen molar-refractivity contribution in [1.82, 2.24) is 15.0 Å². The Kier molecular flexibility index (Phi) is 5.49. The van der Waals surface area contributed by atoms with Gasteiger partial charge in [0.1, 0.15) is 17.4 Å². The highest BCUT2D eigenvalue weighted by Gasteiger charge is 2.23. The van der Waals surface area contributed by atoms with Crippen molar-refractivity contribution in [3.8, 4) is 11.8 Å². The third kappa shape index (κ3) is 3.95. The molecule has 1 aliphatic heterocycles. The molecule has 7 heteroatoms. The van der Waals surface area contributed by atoms with Gasteiger partial charge >= 0.3 is 0 Å². The highest BCUT2D eigenvalue weighted by Crippen LogP contribution is 2.26. The quantitative estimate of drug-likeness (QED) is 0.611. The summed E-state index contributed by atoms with van der Waals surface area (Å²) in [6.45, 7) is 2.47. The van der Waals surface area contributed by atoms with Crippen LogP contribution in [0.3, 0.4) is 0 Å². The van der Waals surface area contributed by atoms with Gasteiger partial charge in [-0.05, 0) is 37.1 Å². The summed E-state index contributed by atoms with van der Waals surface area (Å²) in [6, 6.07) is 5.94. The maximum atomic E-state index is 9.29. The summed E-state index contributed by atoms with van der Waals surface area (Å²) in [5.74, 6) is 2.13. The summed E-state index contributed by atoms with van der Waals surface area (Å²) < 4.78 is 5.83. The number of pyridine rings is 1. The second-order valence-electron chi connectivity index (χ2n) is 5.63. The van der Waals surface area contributed by atoms with Crippen molar-refractivity contribution in [3.05, 3.63) is 36.3 Å². The van der Waals surface area contributed by atoms with E-state index in [1.54, 1.807) is 18.6 Å². The predicted octanol–water partition coefficient (Wildman–Crippen LogP) is 2.76. The van der Waals surface area contributed by atoms with Crippen molar-refractivity contribution in [2.24, 2.45) is 5.92 Å². The molecule has 0 aromatic carbocycles. The molecule has 0 aliphatic carbocycles. The molecule has 3 rings (SSSR count). The minimum absolute atomic E-state index is 0.516. The van der Waals surface area contributed by atoms with E-state index >= 15 is 0 Å². The SMILES string of the molecule is CSc1ncc(C#N)c(N2CCC(COc3ccncc3)CC2)n1. The highest BCUT2D eigenvalue weighted by molar-refractivity contribution is 7.98. The molecule has 1 aliphatic rings. The molecule has 1 saturated heterocycles. The van der Waals surface area contributed by atoms with Crippen LogP contribution in [0.5, 0.6) is 5.75 Å². The van der Waals surface area contributed by atoms with Crippen LogP contribution in [-0.4, -0.2) is 40.9 Å². The summed E-state index contributed by atoms with van der Waals surface area (Å²) in [4.78, 5) is 14.9. The molecular formula is C17H19N5OS. The average Bonchev–Trinajstić information content (AvgIpc) is 2.67. The third-order valence-corrected chi connectivity index (χ3v) is 4.66. The van der Waals surface area contributed by atoms with Crippen molar-refractivity contribution < 1.29 is 4.74 Å². The Morgan fingerprint density at radius 2 is 2.08 bits per heavy atom. The molecule has 2 aromatic rings. The molecule has 1 fully saturated rings.